The molecular formula is C7H12BrNO. The number of rotatable bonds is 2. The summed E-state index contributed by atoms with van der Waals surface area (Å²) < 4.78 is 0. The van der Waals surface area contributed by atoms with Gasteiger partial charge in [0.2, 0.25) is 5.91 Å². The summed E-state index contributed by atoms with van der Waals surface area (Å²) in [6.45, 7) is 1.84. The van der Waals surface area contributed by atoms with Crippen molar-refractivity contribution in [1.82, 2.24) is 4.90 Å². The third-order valence-electron chi connectivity index (χ3n) is 1.78. The van der Waals surface area contributed by atoms with E-state index in [-0.39, 0.29) is 0 Å². The monoisotopic (exact) mass is 205 g/mol. The number of halogens is 1. The number of carbonyl (C=O) groups excluding carboxylic acids is 1. The van der Waals surface area contributed by atoms with Gasteiger partial charge in [-0.1, -0.05) is 15.9 Å². The summed E-state index contributed by atoms with van der Waals surface area (Å²) in [5.41, 5.74) is 0. The molecule has 1 aliphatic heterocycles. The van der Waals surface area contributed by atoms with Crippen LogP contribution in [0, 0.1) is 0 Å². The maximum Gasteiger partial charge on any atom is 0.222 e. The van der Waals surface area contributed by atoms with Gasteiger partial charge in [-0.3, -0.25) is 4.79 Å². The Kier molecular flexibility index (Phi) is 3.19. The van der Waals surface area contributed by atoms with Crippen LogP contribution >= 0.6 is 15.9 Å². The Labute approximate surface area is 69.7 Å². The van der Waals surface area contributed by atoms with Crippen LogP contribution in [0.5, 0.6) is 0 Å². The van der Waals surface area contributed by atoms with Gasteiger partial charge < -0.3 is 4.90 Å². The van der Waals surface area contributed by atoms with Crippen molar-refractivity contribution in [3.63, 3.8) is 0 Å². The minimum atomic E-state index is 0.325. The second kappa shape index (κ2) is 3.96. The van der Waals surface area contributed by atoms with E-state index >= 15 is 0 Å². The summed E-state index contributed by atoms with van der Waals surface area (Å²) in [6, 6.07) is 0. The number of hydrogen-bond acceptors (Lipinski definition) is 1. The average Bonchev–Trinajstić information content (AvgIpc) is 1.94. The third-order valence-corrected chi connectivity index (χ3v) is 2.13. The summed E-state index contributed by atoms with van der Waals surface area (Å²) in [5, 5.41) is 0.902. The second-order valence-electron chi connectivity index (χ2n) is 2.53. The molecule has 0 aromatic carbocycles. The largest absolute Gasteiger partial charge is 0.342 e. The molecule has 1 fully saturated rings. The lowest BCUT2D eigenvalue weighted by molar-refractivity contribution is -0.132. The van der Waals surface area contributed by atoms with Crippen molar-refractivity contribution < 1.29 is 4.79 Å². The second-order valence-corrected chi connectivity index (χ2v) is 3.32. The van der Waals surface area contributed by atoms with Gasteiger partial charge in [0, 0.05) is 24.8 Å². The van der Waals surface area contributed by atoms with Crippen molar-refractivity contribution in [3.05, 3.63) is 0 Å². The van der Waals surface area contributed by atoms with E-state index in [9.17, 15) is 4.79 Å². The number of amides is 1. The van der Waals surface area contributed by atoms with Crippen molar-refractivity contribution in [2.24, 2.45) is 0 Å². The summed E-state index contributed by atoms with van der Waals surface area (Å²) in [7, 11) is 0. The van der Waals surface area contributed by atoms with Gasteiger partial charge in [0.1, 0.15) is 0 Å². The predicted octanol–water partition coefficient (Wildman–Crippen LogP) is 1.39. The predicted molar refractivity (Wildman–Crippen MR) is 44.2 cm³/mol. The molecule has 2 nitrogen and oxygen atoms in total. The topological polar surface area (TPSA) is 20.3 Å². The van der Waals surface area contributed by atoms with Crippen LogP contribution in [0.3, 0.4) is 0 Å². The SMILES string of the molecule is O=C1CCCCN1CCBr. The van der Waals surface area contributed by atoms with E-state index in [1.807, 2.05) is 4.90 Å². The standard InChI is InChI=1S/C7H12BrNO/c8-4-6-9-5-2-1-3-7(9)10/h1-6H2. The molecule has 0 unspecified atom stereocenters. The lowest BCUT2D eigenvalue weighted by Gasteiger charge is -2.25. The zero-order valence-corrected chi connectivity index (χ0v) is 7.56. The van der Waals surface area contributed by atoms with Gasteiger partial charge in [-0.25, -0.2) is 0 Å². The molecule has 0 aromatic rings. The maximum absolute atomic E-state index is 11.1. The Bertz CT molecular complexity index is 125. The zero-order valence-electron chi connectivity index (χ0n) is 5.98. The first kappa shape index (κ1) is 8.05. The fourth-order valence-corrected chi connectivity index (χ4v) is 1.63. The highest BCUT2D eigenvalue weighted by Crippen LogP contribution is 2.09. The summed E-state index contributed by atoms with van der Waals surface area (Å²) in [6.07, 6.45) is 3.02. The number of alkyl halides is 1. The number of hydrogen-bond donors (Lipinski definition) is 0. The van der Waals surface area contributed by atoms with E-state index in [2.05, 4.69) is 15.9 Å². The van der Waals surface area contributed by atoms with Crippen molar-refractivity contribution >= 4 is 21.8 Å². The highest BCUT2D eigenvalue weighted by Gasteiger charge is 2.16. The number of carbonyl (C=O) groups is 1. The van der Waals surface area contributed by atoms with Crippen molar-refractivity contribution in [2.75, 3.05) is 18.4 Å². The van der Waals surface area contributed by atoms with Crippen molar-refractivity contribution in [3.8, 4) is 0 Å². The van der Waals surface area contributed by atoms with Gasteiger partial charge in [-0.2, -0.15) is 0 Å². The summed E-state index contributed by atoms with van der Waals surface area (Å²) in [5.74, 6) is 0.325. The normalized spacial score (nSPS) is 19.7. The third kappa shape index (κ3) is 1.97. The maximum atomic E-state index is 11.1. The van der Waals surface area contributed by atoms with Crippen LogP contribution in [0.2, 0.25) is 0 Å². The highest BCUT2D eigenvalue weighted by atomic mass is 79.9. The van der Waals surface area contributed by atoms with Crippen molar-refractivity contribution in [2.45, 2.75) is 19.3 Å². The van der Waals surface area contributed by atoms with Crippen LogP contribution in [0.15, 0.2) is 0 Å². The van der Waals surface area contributed by atoms with Crippen LogP contribution in [-0.2, 0) is 4.79 Å². The quantitative estimate of drug-likeness (QED) is 0.625. The molecule has 0 radical (unpaired) electrons. The molecule has 1 aliphatic rings. The minimum absolute atomic E-state index is 0.325. The fraction of sp³-hybridized carbons (Fsp3) is 0.857. The van der Waals surface area contributed by atoms with E-state index in [4.69, 9.17) is 0 Å². The fourth-order valence-electron chi connectivity index (χ4n) is 1.20. The van der Waals surface area contributed by atoms with Crippen LogP contribution in [0.4, 0.5) is 0 Å². The first-order valence-corrected chi connectivity index (χ1v) is 4.80. The van der Waals surface area contributed by atoms with Gasteiger partial charge in [0.15, 0.2) is 0 Å². The van der Waals surface area contributed by atoms with E-state index in [1.165, 1.54) is 6.42 Å². The molecule has 0 saturated carbocycles. The van der Waals surface area contributed by atoms with Gasteiger partial charge >= 0.3 is 0 Å². The molecule has 0 spiro atoms. The van der Waals surface area contributed by atoms with Crippen LogP contribution in [0.25, 0.3) is 0 Å². The van der Waals surface area contributed by atoms with E-state index in [1.54, 1.807) is 0 Å². The zero-order chi connectivity index (χ0) is 7.40. The Morgan fingerprint density at radius 1 is 1.50 bits per heavy atom. The molecule has 58 valence electrons. The van der Waals surface area contributed by atoms with Crippen LogP contribution in [-0.4, -0.2) is 29.2 Å². The lowest BCUT2D eigenvalue weighted by Crippen LogP contribution is -2.36. The smallest absolute Gasteiger partial charge is 0.222 e. The molecule has 3 heteroatoms. The molecule has 1 saturated heterocycles. The Morgan fingerprint density at radius 2 is 2.30 bits per heavy atom. The molecule has 1 heterocycles. The summed E-state index contributed by atoms with van der Waals surface area (Å²) >= 11 is 3.32. The average molecular weight is 206 g/mol. The molecular weight excluding hydrogens is 194 g/mol. The first-order chi connectivity index (χ1) is 4.84. The van der Waals surface area contributed by atoms with Crippen LogP contribution in [0.1, 0.15) is 19.3 Å². The molecule has 1 amide bonds. The molecule has 0 atom stereocenters. The van der Waals surface area contributed by atoms with Gasteiger partial charge in [-0.05, 0) is 12.8 Å². The van der Waals surface area contributed by atoms with E-state index < -0.39 is 0 Å². The van der Waals surface area contributed by atoms with Crippen LogP contribution < -0.4 is 0 Å². The molecule has 10 heavy (non-hydrogen) atoms. The molecule has 0 N–H and O–H groups in total. The Hall–Kier alpha value is -0.0500. The number of nitrogens with zero attached hydrogens (tertiary/aromatic N) is 1. The van der Waals surface area contributed by atoms with Gasteiger partial charge in [0.25, 0.3) is 0 Å². The molecule has 1 rings (SSSR count). The highest BCUT2D eigenvalue weighted by molar-refractivity contribution is 9.09. The molecule has 0 aliphatic carbocycles. The molecule has 0 bridgehead atoms. The number of piperidine rings is 1. The Morgan fingerprint density at radius 3 is 2.90 bits per heavy atom. The van der Waals surface area contributed by atoms with Crippen molar-refractivity contribution in [1.29, 1.82) is 0 Å². The summed E-state index contributed by atoms with van der Waals surface area (Å²) in [4.78, 5) is 13.0. The first-order valence-electron chi connectivity index (χ1n) is 3.68. The minimum Gasteiger partial charge on any atom is -0.342 e. The Balaban J connectivity index is 2.32. The number of likely N-dealkylation sites (tertiary alicyclic amines) is 1. The van der Waals surface area contributed by atoms with E-state index in [0.717, 1.165) is 31.3 Å². The molecule has 0 aromatic heterocycles. The van der Waals surface area contributed by atoms with E-state index in [0.29, 0.717) is 5.91 Å². The van der Waals surface area contributed by atoms with Gasteiger partial charge in [-0.15, -0.1) is 0 Å². The van der Waals surface area contributed by atoms with Gasteiger partial charge in [0.05, 0.1) is 0 Å². The lowest BCUT2D eigenvalue weighted by atomic mass is 10.1.